The van der Waals surface area contributed by atoms with Crippen molar-refractivity contribution in [2.45, 2.75) is 33.2 Å². The lowest BCUT2D eigenvalue weighted by Gasteiger charge is -2.19. The SMILES string of the molecule is CCN(CC)C(=O)c1cn2c3c(cccc3c1=O)C[C@@H]2C. The van der Waals surface area contributed by atoms with Crippen molar-refractivity contribution in [2.24, 2.45) is 0 Å². The molecular formula is C17H20N2O2. The van der Waals surface area contributed by atoms with Crippen molar-refractivity contribution in [1.82, 2.24) is 9.47 Å². The van der Waals surface area contributed by atoms with Crippen LogP contribution in [0.15, 0.2) is 29.2 Å². The van der Waals surface area contributed by atoms with Crippen LogP contribution < -0.4 is 5.43 Å². The van der Waals surface area contributed by atoms with E-state index < -0.39 is 0 Å². The zero-order valence-corrected chi connectivity index (χ0v) is 12.7. The molecule has 1 aromatic carbocycles. The number of pyridine rings is 1. The molecule has 21 heavy (non-hydrogen) atoms. The number of amides is 1. The van der Waals surface area contributed by atoms with Crippen molar-refractivity contribution in [3.8, 4) is 0 Å². The Morgan fingerprint density at radius 2 is 2.05 bits per heavy atom. The highest BCUT2D eigenvalue weighted by atomic mass is 16.2. The van der Waals surface area contributed by atoms with Crippen LogP contribution in [0, 0.1) is 0 Å². The molecule has 0 bridgehead atoms. The van der Waals surface area contributed by atoms with Crippen molar-refractivity contribution < 1.29 is 4.79 Å². The van der Waals surface area contributed by atoms with E-state index >= 15 is 0 Å². The second kappa shape index (κ2) is 5.02. The molecule has 0 radical (unpaired) electrons. The average molecular weight is 284 g/mol. The summed E-state index contributed by atoms with van der Waals surface area (Å²) in [4.78, 5) is 27.0. The predicted molar refractivity (Wildman–Crippen MR) is 83.9 cm³/mol. The molecule has 1 aliphatic rings. The summed E-state index contributed by atoms with van der Waals surface area (Å²) >= 11 is 0. The summed E-state index contributed by atoms with van der Waals surface area (Å²) in [6, 6.07) is 6.09. The third kappa shape index (κ3) is 1.97. The normalized spacial score (nSPS) is 16.4. The van der Waals surface area contributed by atoms with Gasteiger partial charge in [-0.3, -0.25) is 9.59 Å². The molecule has 0 N–H and O–H groups in total. The fourth-order valence-corrected chi connectivity index (χ4v) is 3.25. The lowest BCUT2D eigenvalue weighted by atomic mass is 10.1. The molecule has 3 rings (SSSR count). The zero-order chi connectivity index (χ0) is 15.1. The lowest BCUT2D eigenvalue weighted by molar-refractivity contribution is 0.0771. The zero-order valence-electron chi connectivity index (χ0n) is 12.7. The van der Waals surface area contributed by atoms with Crippen LogP contribution in [-0.4, -0.2) is 28.5 Å². The maximum atomic E-state index is 12.7. The topological polar surface area (TPSA) is 42.3 Å². The van der Waals surface area contributed by atoms with Gasteiger partial charge in [0.15, 0.2) is 0 Å². The van der Waals surface area contributed by atoms with Crippen LogP contribution in [0.2, 0.25) is 0 Å². The van der Waals surface area contributed by atoms with Crippen LogP contribution in [0.1, 0.15) is 42.7 Å². The van der Waals surface area contributed by atoms with Gasteiger partial charge in [-0.1, -0.05) is 12.1 Å². The van der Waals surface area contributed by atoms with Gasteiger partial charge < -0.3 is 9.47 Å². The van der Waals surface area contributed by atoms with Crippen molar-refractivity contribution >= 4 is 16.8 Å². The molecular weight excluding hydrogens is 264 g/mol. The number of hydrogen-bond acceptors (Lipinski definition) is 2. The number of para-hydroxylation sites is 1. The van der Waals surface area contributed by atoms with Gasteiger partial charge in [0.05, 0.1) is 5.52 Å². The molecule has 4 nitrogen and oxygen atoms in total. The van der Waals surface area contributed by atoms with E-state index in [4.69, 9.17) is 0 Å². The molecule has 2 aromatic rings. The molecule has 2 heterocycles. The van der Waals surface area contributed by atoms with Crippen molar-refractivity contribution in [1.29, 1.82) is 0 Å². The summed E-state index contributed by atoms with van der Waals surface area (Å²) < 4.78 is 2.09. The minimum absolute atomic E-state index is 0.144. The third-order valence-electron chi connectivity index (χ3n) is 4.41. The average Bonchev–Trinajstić information content (AvgIpc) is 2.80. The van der Waals surface area contributed by atoms with E-state index in [0.717, 1.165) is 11.9 Å². The van der Waals surface area contributed by atoms with Gasteiger partial charge >= 0.3 is 0 Å². The van der Waals surface area contributed by atoms with E-state index in [9.17, 15) is 9.59 Å². The molecule has 0 saturated heterocycles. The lowest BCUT2D eigenvalue weighted by Crippen LogP contribution is -2.34. The number of hydrogen-bond donors (Lipinski definition) is 0. The number of carbonyl (C=O) groups is 1. The number of nitrogens with zero attached hydrogens (tertiary/aromatic N) is 2. The maximum Gasteiger partial charge on any atom is 0.259 e. The van der Waals surface area contributed by atoms with E-state index in [0.29, 0.717) is 18.5 Å². The van der Waals surface area contributed by atoms with Crippen LogP contribution in [0.3, 0.4) is 0 Å². The summed E-state index contributed by atoms with van der Waals surface area (Å²) in [5.74, 6) is -0.167. The highest BCUT2D eigenvalue weighted by Crippen LogP contribution is 2.30. The van der Waals surface area contributed by atoms with Crippen LogP contribution in [0.4, 0.5) is 0 Å². The molecule has 0 fully saturated rings. The predicted octanol–water partition coefficient (Wildman–Crippen LogP) is 2.60. The number of carbonyl (C=O) groups excluding carboxylic acids is 1. The summed E-state index contributed by atoms with van der Waals surface area (Å²) in [5, 5.41) is 0.662. The second-order valence-electron chi connectivity index (χ2n) is 5.62. The van der Waals surface area contributed by atoms with E-state index in [1.807, 2.05) is 26.0 Å². The fraction of sp³-hybridized carbons (Fsp3) is 0.412. The first-order chi connectivity index (χ1) is 10.1. The monoisotopic (exact) mass is 284 g/mol. The van der Waals surface area contributed by atoms with Gasteiger partial charge in [0.2, 0.25) is 5.43 Å². The summed E-state index contributed by atoms with van der Waals surface area (Å²) in [7, 11) is 0. The van der Waals surface area contributed by atoms with E-state index in [2.05, 4.69) is 17.6 Å². The van der Waals surface area contributed by atoms with E-state index in [-0.39, 0.29) is 22.9 Å². The molecule has 0 unspecified atom stereocenters. The number of rotatable bonds is 3. The first-order valence-electron chi connectivity index (χ1n) is 7.54. The molecule has 1 aromatic heterocycles. The molecule has 4 heteroatoms. The van der Waals surface area contributed by atoms with Crippen LogP contribution >= 0.6 is 0 Å². The first-order valence-corrected chi connectivity index (χ1v) is 7.54. The molecule has 0 aliphatic carbocycles. The molecule has 0 saturated carbocycles. The Morgan fingerprint density at radius 1 is 1.33 bits per heavy atom. The van der Waals surface area contributed by atoms with Crippen LogP contribution in [0.5, 0.6) is 0 Å². The first kappa shape index (κ1) is 13.9. The van der Waals surface area contributed by atoms with Gasteiger partial charge in [-0.2, -0.15) is 0 Å². The molecule has 0 spiro atoms. The Labute approximate surface area is 124 Å². The van der Waals surface area contributed by atoms with E-state index in [1.54, 1.807) is 11.1 Å². The third-order valence-corrected chi connectivity index (χ3v) is 4.41. The van der Waals surface area contributed by atoms with E-state index in [1.165, 1.54) is 5.56 Å². The Kier molecular flexibility index (Phi) is 3.32. The summed E-state index contributed by atoms with van der Waals surface area (Å²) in [6.07, 6.45) is 2.67. The second-order valence-corrected chi connectivity index (χ2v) is 5.62. The Balaban J connectivity index is 2.27. The highest BCUT2D eigenvalue weighted by molar-refractivity contribution is 5.98. The van der Waals surface area contributed by atoms with Crippen LogP contribution in [-0.2, 0) is 6.42 Å². The summed E-state index contributed by atoms with van der Waals surface area (Å²) in [6.45, 7) is 7.21. The highest BCUT2D eigenvalue weighted by Gasteiger charge is 2.25. The molecule has 1 aliphatic heterocycles. The Bertz CT molecular complexity index is 772. The van der Waals surface area contributed by atoms with Crippen LogP contribution in [0.25, 0.3) is 10.9 Å². The van der Waals surface area contributed by atoms with Crippen molar-refractivity contribution in [2.75, 3.05) is 13.1 Å². The Morgan fingerprint density at radius 3 is 2.71 bits per heavy atom. The Hall–Kier alpha value is -2.10. The van der Waals surface area contributed by atoms with Gasteiger partial charge in [-0.15, -0.1) is 0 Å². The molecule has 1 atom stereocenters. The summed E-state index contributed by atoms with van der Waals surface area (Å²) in [5.41, 5.74) is 2.33. The quantitative estimate of drug-likeness (QED) is 0.869. The number of aromatic nitrogens is 1. The molecule has 110 valence electrons. The largest absolute Gasteiger partial charge is 0.343 e. The van der Waals surface area contributed by atoms with Crippen molar-refractivity contribution in [3.63, 3.8) is 0 Å². The van der Waals surface area contributed by atoms with Gasteiger partial charge in [-0.25, -0.2) is 0 Å². The smallest absolute Gasteiger partial charge is 0.259 e. The number of benzene rings is 1. The standard InChI is InChI=1S/C17H20N2O2/c1-4-18(5-2)17(21)14-10-19-11(3)9-12-7-6-8-13(15(12)19)16(14)20/h6-8,10-11H,4-5,9H2,1-3H3/t11-/m0/s1. The van der Waals surface area contributed by atoms with Gasteiger partial charge in [-0.05, 0) is 38.8 Å². The molecule has 1 amide bonds. The minimum atomic E-state index is -0.167. The van der Waals surface area contributed by atoms with Gasteiger partial charge in [0.1, 0.15) is 5.56 Å². The fourth-order valence-electron chi connectivity index (χ4n) is 3.25. The maximum absolute atomic E-state index is 12.7. The van der Waals surface area contributed by atoms with Gasteiger partial charge in [0.25, 0.3) is 5.91 Å². The minimum Gasteiger partial charge on any atom is -0.343 e. The van der Waals surface area contributed by atoms with Crippen molar-refractivity contribution in [3.05, 3.63) is 45.7 Å². The van der Waals surface area contributed by atoms with Gasteiger partial charge in [0, 0.05) is 30.7 Å².